The van der Waals surface area contributed by atoms with Gasteiger partial charge >= 0.3 is 0 Å². The molecule has 0 radical (unpaired) electrons. The number of halogens is 2. The van der Waals surface area contributed by atoms with Crippen LogP contribution in [0.15, 0.2) is 48.8 Å². The quantitative estimate of drug-likeness (QED) is 0.575. The Morgan fingerprint density at radius 2 is 1.94 bits per heavy atom. The number of carbonyl (C=O) groups is 2. The Morgan fingerprint density at radius 3 is 2.62 bits per heavy atom. The van der Waals surface area contributed by atoms with Crippen molar-refractivity contribution in [1.29, 1.82) is 0 Å². The van der Waals surface area contributed by atoms with Crippen LogP contribution in [0.5, 0.6) is 0 Å². The van der Waals surface area contributed by atoms with Crippen LogP contribution in [-0.2, 0) is 4.79 Å². The number of anilines is 1. The van der Waals surface area contributed by atoms with Crippen LogP contribution in [0.1, 0.15) is 46.6 Å². The second kappa shape index (κ2) is 10.1. The molecule has 1 N–H and O–H groups in total. The third kappa shape index (κ3) is 5.26. The maximum Gasteiger partial charge on any atom is 0.278 e. The summed E-state index contributed by atoms with van der Waals surface area (Å²) in [5.41, 5.74) is 2.32. The molecule has 4 rings (SSSR count). The van der Waals surface area contributed by atoms with Crippen molar-refractivity contribution in [2.45, 2.75) is 32.5 Å². The zero-order valence-electron chi connectivity index (χ0n) is 18.8. The molecule has 174 valence electrons. The number of hydrogen-bond donors (Lipinski definition) is 1. The molecule has 0 unspecified atom stereocenters. The SMILES string of the molecule is CC(=O)N1CC[C@@H](n2cc(Cl)c(C(=O)Nc3ncc(C#Cc4ccccc4)cc3C)n2)[C@@H](F)C1. The molecule has 1 aliphatic rings. The number of pyridine rings is 1. The molecule has 2 amide bonds. The molecule has 34 heavy (non-hydrogen) atoms. The van der Waals surface area contributed by atoms with Gasteiger partial charge in [0, 0.05) is 37.0 Å². The maximum absolute atomic E-state index is 14.7. The first-order chi connectivity index (χ1) is 16.3. The van der Waals surface area contributed by atoms with Crippen molar-refractivity contribution in [2.75, 3.05) is 18.4 Å². The van der Waals surface area contributed by atoms with Gasteiger partial charge in [-0.3, -0.25) is 14.3 Å². The highest BCUT2D eigenvalue weighted by Crippen LogP contribution is 2.28. The summed E-state index contributed by atoms with van der Waals surface area (Å²) in [6.07, 6.45) is 2.10. The van der Waals surface area contributed by atoms with E-state index >= 15 is 0 Å². The Balaban J connectivity index is 1.46. The van der Waals surface area contributed by atoms with E-state index in [2.05, 4.69) is 27.2 Å². The van der Waals surface area contributed by atoms with Crippen LogP contribution in [0, 0.1) is 18.8 Å². The van der Waals surface area contributed by atoms with Gasteiger partial charge in [-0.15, -0.1) is 0 Å². The second-order valence-electron chi connectivity index (χ2n) is 8.10. The van der Waals surface area contributed by atoms with E-state index in [4.69, 9.17) is 11.6 Å². The molecule has 0 bridgehead atoms. The van der Waals surface area contributed by atoms with Crippen LogP contribution in [0.4, 0.5) is 10.2 Å². The van der Waals surface area contributed by atoms with Crippen LogP contribution >= 0.6 is 11.6 Å². The molecule has 1 aromatic carbocycles. The number of hydrogen-bond acceptors (Lipinski definition) is 4. The summed E-state index contributed by atoms with van der Waals surface area (Å²) < 4.78 is 16.1. The molecule has 1 fully saturated rings. The van der Waals surface area contributed by atoms with Gasteiger partial charge in [0.2, 0.25) is 5.91 Å². The molecule has 2 aromatic heterocycles. The van der Waals surface area contributed by atoms with E-state index in [1.165, 1.54) is 22.7 Å². The Bertz CT molecular complexity index is 1280. The standard InChI is InChI=1S/C25H23ClFN5O2/c1-16-12-19(9-8-18-6-4-3-5-7-18)13-28-24(16)29-25(34)23-20(26)14-32(30-23)22-10-11-31(17(2)33)15-21(22)27/h3-7,12-14,21-22H,10-11,15H2,1-2H3,(H,28,29,34)/t21-,22+/m0/s1. The predicted molar refractivity (Wildman–Crippen MR) is 127 cm³/mol. The number of nitrogens with zero attached hydrogens (tertiary/aromatic N) is 4. The first-order valence-electron chi connectivity index (χ1n) is 10.8. The molecule has 9 heteroatoms. The average Bonchev–Trinajstić information content (AvgIpc) is 3.21. The van der Waals surface area contributed by atoms with Crippen molar-refractivity contribution in [3.05, 3.63) is 76.2 Å². The molecular formula is C25H23ClFN5O2. The normalized spacial score (nSPS) is 17.6. The minimum absolute atomic E-state index is 0.0123. The van der Waals surface area contributed by atoms with Gasteiger partial charge in [0.25, 0.3) is 5.91 Å². The molecule has 1 saturated heterocycles. The summed E-state index contributed by atoms with van der Waals surface area (Å²) in [7, 11) is 0. The summed E-state index contributed by atoms with van der Waals surface area (Å²) >= 11 is 6.25. The van der Waals surface area contributed by atoms with Crippen LogP contribution in [-0.4, -0.2) is 50.7 Å². The first kappa shape index (κ1) is 23.5. The van der Waals surface area contributed by atoms with E-state index in [-0.39, 0.29) is 23.2 Å². The highest BCUT2D eigenvalue weighted by molar-refractivity contribution is 6.34. The number of aryl methyl sites for hydroxylation is 1. The van der Waals surface area contributed by atoms with Gasteiger partial charge in [-0.2, -0.15) is 5.10 Å². The molecule has 0 aliphatic carbocycles. The summed E-state index contributed by atoms with van der Waals surface area (Å²) in [5, 5.41) is 7.06. The van der Waals surface area contributed by atoms with Crippen LogP contribution in [0.25, 0.3) is 0 Å². The number of rotatable bonds is 3. The first-order valence-corrected chi connectivity index (χ1v) is 11.2. The lowest BCUT2D eigenvalue weighted by Crippen LogP contribution is -2.44. The fraction of sp³-hybridized carbons (Fsp3) is 0.280. The zero-order chi connectivity index (χ0) is 24.2. The van der Waals surface area contributed by atoms with Crippen molar-refractivity contribution in [1.82, 2.24) is 19.7 Å². The fourth-order valence-electron chi connectivity index (χ4n) is 3.78. The van der Waals surface area contributed by atoms with Gasteiger partial charge in [0.05, 0.1) is 17.6 Å². The number of benzene rings is 1. The Morgan fingerprint density at radius 1 is 1.21 bits per heavy atom. The van der Waals surface area contributed by atoms with Gasteiger partial charge in [-0.1, -0.05) is 41.6 Å². The van der Waals surface area contributed by atoms with E-state index in [0.29, 0.717) is 24.3 Å². The van der Waals surface area contributed by atoms with E-state index < -0.39 is 18.1 Å². The monoisotopic (exact) mass is 479 g/mol. The minimum Gasteiger partial charge on any atom is -0.340 e. The summed E-state index contributed by atoms with van der Waals surface area (Å²) in [6, 6.07) is 10.8. The maximum atomic E-state index is 14.7. The molecule has 0 spiro atoms. The lowest BCUT2D eigenvalue weighted by atomic mass is 10.0. The molecule has 3 aromatic rings. The van der Waals surface area contributed by atoms with E-state index in [1.54, 1.807) is 6.20 Å². The largest absolute Gasteiger partial charge is 0.340 e. The number of piperidine rings is 1. The number of alkyl halides is 1. The highest BCUT2D eigenvalue weighted by atomic mass is 35.5. The van der Waals surface area contributed by atoms with Crippen LogP contribution in [0.3, 0.4) is 0 Å². The van der Waals surface area contributed by atoms with Gasteiger partial charge in [-0.05, 0) is 37.1 Å². The zero-order valence-corrected chi connectivity index (χ0v) is 19.5. The number of likely N-dealkylation sites (tertiary alicyclic amines) is 1. The number of aromatic nitrogens is 3. The van der Waals surface area contributed by atoms with Crippen molar-refractivity contribution in [2.24, 2.45) is 0 Å². The Labute approximate surface area is 201 Å². The topological polar surface area (TPSA) is 80.1 Å². The van der Waals surface area contributed by atoms with Gasteiger partial charge in [0.15, 0.2) is 5.69 Å². The third-order valence-corrected chi connectivity index (χ3v) is 5.91. The van der Waals surface area contributed by atoms with Crippen LogP contribution < -0.4 is 5.32 Å². The van der Waals surface area contributed by atoms with E-state index in [0.717, 1.165) is 11.1 Å². The fourth-order valence-corrected chi connectivity index (χ4v) is 4.00. The van der Waals surface area contributed by atoms with Crippen molar-refractivity contribution in [3.8, 4) is 11.8 Å². The van der Waals surface area contributed by atoms with Crippen LogP contribution in [0.2, 0.25) is 5.02 Å². The lowest BCUT2D eigenvalue weighted by Gasteiger charge is -2.34. The van der Waals surface area contributed by atoms with Gasteiger partial charge in [0.1, 0.15) is 12.0 Å². The van der Waals surface area contributed by atoms with Gasteiger partial charge in [-0.25, -0.2) is 9.37 Å². The molecule has 2 atom stereocenters. The number of nitrogens with one attached hydrogen (secondary N) is 1. The number of amides is 2. The summed E-state index contributed by atoms with van der Waals surface area (Å²) in [6.45, 7) is 3.63. The smallest absolute Gasteiger partial charge is 0.278 e. The van der Waals surface area contributed by atoms with Crippen molar-refractivity contribution in [3.63, 3.8) is 0 Å². The Hall–Kier alpha value is -3.70. The molecule has 1 aliphatic heterocycles. The molecule has 0 saturated carbocycles. The third-order valence-electron chi connectivity index (χ3n) is 5.63. The highest BCUT2D eigenvalue weighted by Gasteiger charge is 2.33. The van der Waals surface area contributed by atoms with E-state index in [1.807, 2.05) is 43.3 Å². The Kier molecular flexibility index (Phi) is 6.94. The molecule has 3 heterocycles. The van der Waals surface area contributed by atoms with Gasteiger partial charge < -0.3 is 10.2 Å². The average molecular weight is 480 g/mol. The lowest BCUT2D eigenvalue weighted by molar-refractivity contribution is -0.131. The van der Waals surface area contributed by atoms with Crippen molar-refractivity contribution >= 4 is 29.2 Å². The van der Waals surface area contributed by atoms with E-state index in [9.17, 15) is 14.0 Å². The molecule has 7 nitrogen and oxygen atoms in total. The summed E-state index contributed by atoms with van der Waals surface area (Å²) in [4.78, 5) is 30.1. The second-order valence-corrected chi connectivity index (χ2v) is 8.51. The minimum atomic E-state index is -1.31. The molecular weight excluding hydrogens is 457 g/mol. The summed E-state index contributed by atoms with van der Waals surface area (Å²) in [5.74, 6) is 5.77. The predicted octanol–water partition coefficient (Wildman–Crippen LogP) is 4.02. The number of carbonyl (C=O) groups excluding carboxylic acids is 2. The van der Waals surface area contributed by atoms with Crippen molar-refractivity contribution < 1.29 is 14.0 Å².